The summed E-state index contributed by atoms with van der Waals surface area (Å²) in [6, 6.07) is 55.5. The van der Waals surface area contributed by atoms with Gasteiger partial charge in [0, 0.05) is 38.3 Å². The van der Waals surface area contributed by atoms with Crippen molar-refractivity contribution in [3.05, 3.63) is 157 Å². The molecule has 3 aromatic heterocycles. The molecule has 0 aliphatic heterocycles. The number of benzene rings is 7. The number of rotatable bonds is 3. The van der Waals surface area contributed by atoms with Crippen molar-refractivity contribution in [3.8, 4) is 28.6 Å². The highest BCUT2D eigenvalue weighted by molar-refractivity contribution is 6.24. The summed E-state index contributed by atoms with van der Waals surface area (Å²) in [6.45, 7) is 0. The number of hydrogen-bond acceptors (Lipinski definition) is 2. The van der Waals surface area contributed by atoms with Gasteiger partial charge in [0.2, 0.25) is 0 Å². The predicted molar refractivity (Wildman–Crippen MR) is 193 cm³/mol. The third-order valence-electron chi connectivity index (χ3n) is 9.52. The number of nitriles is 1. The Balaban J connectivity index is 1.22. The fourth-order valence-corrected chi connectivity index (χ4v) is 7.50. The maximum atomic E-state index is 9.77. The minimum absolute atomic E-state index is 0.643. The van der Waals surface area contributed by atoms with Crippen molar-refractivity contribution in [1.82, 2.24) is 9.13 Å². The fourth-order valence-electron chi connectivity index (χ4n) is 7.50. The summed E-state index contributed by atoms with van der Waals surface area (Å²) in [5.74, 6) is 0. The molecule has 4 heteroatoms. The fraction of sp³-hybridized carbons (Fsp3) is 0. The van der Waals surface area contributed by atoms with E-state index < -0.39 is 0 Å². The van der Waals surface area contributed by atoms with Gasteiger partial charge >= 0.3 is 0 Å². The molecule has 0 aliphatic rings. The molecule has 0 N–H and O–H groups in total. The highest BCUT2D eigenvalue weighted by atomic mass is 16.3. The molecule has 0 atom stereocenters. The minimum atomic E-state index is 0.643. The van der Waals surface area contributed by atoms with E-state index in [0.717, 1.165) is 66.2 Å². The second-order valence-electron chi connectivity index (χ2n) is 12.1. The molecular weight excluding hydrogens is 574 g/mol. The number of para-hydroxylation sites is 3. The Bertz CT molecular complexity index is 2880. The molecule has 10 rings (SSSR count). The highest BCUT2D eigenvalue weighted by Gasteiger charge is 2.20. The Morgan fingerprint density at radius 3 is 1.77 bits per heavy atom. The Morgan fingerprint density at radius 1 is 0.447 bits per heavy atom. The van der Waals surface area contributed by atoms with Crippen LogP contribution < -0.4 is 0 Å². The van der Waals surface area contributed by atoms with Crippen LogP contribution in [0.2, 0.25) is 0 Å². The summed E-state index contributed by atoms with van der Waals surface area (Å²) in [5, 5.41) is 16.6. The van der Waals surface area contributed by atoms with Gasteiger partial charge in [-0.15, -0.1) is 0 Å². The van der Waals surface area contributed by atoms with Crippen molar-refractivity contribution in [3.63, 3.8) is 0 Å². The van der Waals surface area contributed by atoms with Gasteiger partial charge in [0.25, 0.3) is 0 Å². The van der Waals surface area contributed by atoms with Gasteiger partial charge in [-0.25, -0.2) is 0 Å². The topological polar surface area (TPSA) is 46.8 Å². The molecule has 10 aromatic rings. The zero-order chi connectivity index (χ0) is 31.1. The van der Waals surface area contributed by atoms with Crippen LogP contribution >= 0.6 is 0 Å². The Hall–Kier alpha value is -6.57. The van der Waals surface area contributed by atoms with Crippen LogP contribution in [-0.4, -0.2) is 9.13 Å². The highest BCUT2D eigenvalue weighted by Crippen LogP contribution is 2.41. The van der Waals surface area contributed by atoms with Crippen LogP contribution in [0.3, 0.4) is 0 Å². The van der Waals surface area contributed by atoms with Crippen LogP contribution in [0.5, 0.6) is 0 Å². The summed E-state index contributed by atoms with van der Waals surface area (Å²) in [4.78, 5) is 0. The smallest absolute Gasteiger partial charge is 0.137 e. The number of hydrogen-bond donors (Lipinski definition) is 0. The molecule has 0 aliphatic carbocycles. The normalized spacial score (nSPS) is 11.8. The quantitative estimate of drug-likeness (QED) is 0.203. The van der Waals surface area contributed by atoms with Crippen LogP contribution in [0, 0.1) is 11.3 Å². The lowest BCUT2D eigenvalue weighted by molar-refractivity contribution is 0.669. The van der Waals surface area contributed by atoms with Crippen LogP contribution in [-0.2, 0) is 0 Å². The molecule has 47 heavy (non-hydrogen) atoms. The maximum Gasteiger partial charge on any atom is 0.137 e. The number of aromatic nitrogens is 2. The predicted octanol–water partition coefficient (Wildman–Crippen LogP) is 11.3. The molecule has 0 fully saturated rings. The zero-order valence-corrected chi connectivity index (χ0v) is 25.2. The second-order valence-corrected chi connectivity index (χ2v) is 12.1. The molecule has 4 nitrogen and oxygen atoms in total. The van der Waals surface area contributed by atoms with E-state index in [1.807, 2.05) is 24.3 Å². The van der Waals surface area contributed by atoms with E-state index in [1.54, 1.807) is 0 Å². The van der Waals surface area contributed by atoms with Crippen molar-refractivity contribution in [1.29, 1.82) is 5.26 Å². The van der Waals surface area contributed by atoms with E-state index in [9.17, 15) is 5.26 Å². The first-order valence-corrected chi connectivity index (χ1v) is 15.7. The first-order chi connectivity index (χ1) is 23.3. The van der Waals surface area contributed by atoms with E-state index in [-0.39, 0.29) is 0 Å². The number of furan rings is 1. The summed E-state index contributed by atoms with van der Waals surface area (Å²) in [6.07, 6.45) is 0. The van der Waals surface area contributed by atoms with E-state index in [4.69, 9.17) is 4.42 Å². The maximum absolute atomic E-state index is 9.77. The van der Waals surface area contributed by atoms with E-state index >= 15 is 0 Å². The van der Waals surface area contributed by atoms with Crippen molar-refractivity contribution in [2.24, 2.45) is 0 Å². The van der Waals surface area contributed by atoms with E-state index in [0.29, 0.717) is 5.56 Å². The van der Waals surface area contributed by atoms with E-state index in [2.05, 4.69) is 143 Å². The molecule has 3 heterocycles. The summed E-state index contributed by atoms with van der Waals surface area (Å²) < 4.78 is 11.0. The minimum Gasteiger partial charge on any atom is -0.456 e. The van der Waals surface area contributed by atoms with E-state index in [1.165, 1.54) is 21.8 Å². The Kier molecular flexibility index (Phi) is 5.32. The van der Waals surface area contributed by atoms with Crippen molar-refractivity contribution in [2.75, 3.05) is 0 Å². The third kappa shape index (κ3) is 3.69. The zero-order valence-electron chi connectivity index (χ0n) is 25.2. The van der Waals surface area contributed by atoms with Gasteiger partial charge in [0.1, 0.15) is 11.2 Å². The van der Waals surface area contributed by atoms with Gasteiger partial charge in [0.15, 0.2) is 0 Å². The second kappa shape index (κ2) is 9.71. The van der Waals surface area contributed by atoms with Crippen molar-refractivity contribution >= 4 is 65.6 Å². The molecule has 0 saturated carbocycles. The summed E-state index contributed by atoms with van der Waals surface area (Å²) in [7, 11) is 0. The average Bonchev–Trinajstić information content (AvgIpc) is 3.79. The largest absolute Gasteiger partial charge is 0.456 e. The molecule has 7 aromatic carbocycles. The molecule has 0 unspecified atom stereocenters. The standard InChI is InChI=1S/C43H25N3O/c44-26-27-19-21-39-36(23-27)34-20-22-41-42(35-15-3-6-18-40(35)47-41)43(34)46(39)31-12-8-10-29(25-31)28-9-7-11-30(24-28)45-37-16-4-1-13-32(37)33-14-2-5-17-38(33)45/h1-25H. The Labute approximate surface area is 269 Å². The van der Waals surface area contributed by atoms with Gasteiger partial charge in [-0.2, -0.15) is 5.26 Å². The number of nitrogens with zero attached hydrogens (tertiary/aromatic N) is 3. The first kappa shape index (κ1) is 25.7. The first-order valence-electron chi connectivity index (χ1n) is 15.7. The van der Waals surface area contributed by atoms with Gasteiger partial charge < -0.3 is 13.6 Å². The molecule has 0 bridgehead atoms. The van der Waals surface area contributed by atoms with Crippen LogP contribution in [0.15, 0.2) is 156 Å². The lowest BCUT2D eigenvalue weighted by atomic mass is 10.0. The lowest BCUT2D eigenvalue weighted by Gasteiger charge is -2.13. The SMILES string of the molecule is N#Cc1ccc2c(c1)c1ccc3oc4ccccc4c3c1n2-c1cccc(-c2cccc(-n3c4ccccc4c4ccccc43)c2)c1. The average molecular weight is 600 g/mol. The molecule has 0 radical (unpaired) electrons. The molecule has 0 spiro atoms. The third-order valence-corrected chi connectivity index (χ3v) is 9.52. The van der Waals surface area contributed by atoms with Crippen molar-refractivity contribution in [2.45, 2.75) is 0 Å². The van der Waals surface area contributed by atoms with Crippen LogP contribution in [0.1, 0.15) is 5.56 Å². The monoisotopic (exact) mass is 599 g/mol. The molecule has 0 amide bonds. The van der Waals surface area contributed by atoms with Gasteiger partial charge in [-0.05, 0) is 83.9 Å². The Morgan fingerprint density at radius 2 is 1.06 bits per heavy atom. The van der Waals surface area contributed by atoms with Crippen molar-refractivity contribution < 1.29 is 4.42 Å². The van der Waals surface area contributed by atoms with Gasteiger partial charge in [-0.3, -0.25) is 0 Å². The number of fused-ring (bicyclic) bond motifs is 10. The van der Waals surface area contributed by atoms with Crippen LogP contribution in [0.4, 0.5) is 0 Å². The van der Waals surface area contributed by atoms with Crippen LogP contribution in [0.25, 0.3) is 88.1 Å². The summed E-state index contributed by atoms with van der Waals surface area (Å²) >= 11 is 0. The lowest BCUT2D eigenvalue weighted by Crippen LogP contribution is -1.96. The summed E-state index contributed by atoms with van der Waals surface area (Å²) in [5.41, 5.74) is 11.3. The molecule has 218 valence electrons. The van der Waals surface area contributed by atoms with Gasteiger partial charge in [0.05, 0.1) is 39.1 Å². The van der Waals surface area contributed by atoms with Gasteiger partial charge in [-0.1, -0.05) is 78.9 Å². The molecular formula is C43H25N3O. The molecule has 0 saturated heterocycles.